The number of carbonyl (C=O) groups is 1. The standard InChI is InChI=1S/C14H11FN2O2S/c1-9(18)13(14(19)12-3-2-8-20-12)17-16-11-6-4-10(15)5-7-11/h2-8,19H,1H3/b14-13-,17-16?. The van der Waals surface area contributed by atoms with Crippen molar-refractivity contribution >= 4 is 28.6 Å². The molecule has 0 radical (unpaired) electrons. The number of aliphatic hydroxyl groups excluding tert-OH is 1. The zero-order valence-corrected chi connectivity index (χ0v) is 11.4. The number of benzene rings is 1. The zero-order valence-electron chi connectivity index (χ0n) is 10.6. The van der Waals surface area contributed by atoms with Gasteiger partial charge in [0.15, 0.2) is 17.2 Å². The molecule has 0 unspecified atom stereocenters. The Balaban J connectivity index is 2.33. The van der Waals surface area contributed by atoms with E-state index in [-0.39, 0.29) is 17.3 Å². The number of hydrogen-bond donors (Lipinski definition) is 1. The molecule has 0 atom stereocenters. The summed E-state index contributed by atoms with van der Waals surface area (Å²) in [5, 5.41) is 19.4. The van der Waals surface area contributed by atoms with E-state index in [1.165, 1.54) is 42.5 Å². The van der Waals surface area contributed by atoms with Gasteiger partial charge in [0.05, 0.1) is 10.6 Å². The van der Waals surface area contributed by atoms with E-state index in [0.717, 1.165) is 0 Å². The lowest BCUT2D eigenvalue weighted by Crippen LogP contribution is -1.97. The summed E-state index contributed by atoms with van der Waals surface area (Å²) in [7, 11) is 0. The molecule has 1 heterocycles. The molecule has 102 valence electrons. The first-order valence-corrected chi connectivity index (χ1v) is 6.61. The van der Waals surface area contributed by atoms with Crippen LogP contribution in [0.4, 0.5) is 10.1 Å². The van der Waals surface area contributed by atoms with E-state index in [0.29, 0.717) is 10.6 Å². The quantitative estimate of drug-likeness (QED) is 0.512. The molecule has 0 saturated heterocycles. The summed E-state index contributed by atoms with van der Waals surface area (Å²) in [5.74, 6) is -0.993. The first kappa shape index (κ1) is 14.1. The third kappa shape index (κ3) is 3.36. The van der Waals surface area contributed by atoms with E-state index in [4.69, 9.17) is 0 Å². The van der Waals surface area contributed by atoms with Crippen molar-refractivity contribution < 1.29 is 14.3 Å². The SMILES string of the molecule is CC(=O)/C(N=Nc1ccc(F)cc1)=C(/O)c1cccs1. The van der Waals surface area contributed by atoms with Gasteiger partial charge in [-0.05, 0) is 35.7 Å². The number of allylic oxidation sites excluding steroid dienone is 1. The number of Topliss-reactive ketones (excluding diaryl/α,β-unsaturated/α-hetero) is 1. The van der Waals surface area contributed by atoms with Gasteiger partial charge < -0.3 is 5.11 Å². The summed E-state index contributed by atoms with van der Waals surface area (Å²) in [5.41, 5.74) is 0.265. The number of nitrogens with zero attached hydrogens (tertiary/aromatic N) is 2. The van der Waals surface area contributed by atoms with Gasteiger partial charge in [-0.25, -0.2) is 4.39 Å². The maximum Gasteiger partial charge on any atom is 0.183 e. The third-order valence-electron chi connectivity index (χ3n) is 2.40. The number of ketones is 1. The average molecular weight is 290 g/mol. The molecule has 0 aliphatic heterocycles. The molecule has 0 spiro atoms. The lowest BCUT2D eigenvalue weighted by molar-refractivity contribution is -0.113. The monoisotopic (exact) mass is 290 g/mol. The van der Waals surface area contributed by atoms with Gasteiger partial charge in [-0.3, -0.25) is 4.79 Å². The van der Waals surface area contributed by atoms with Crippen LogP contribution in [0.3, 0.4) is 0 Å². The first-order valence-electron chi connectivity index (χ1n) is 5.73. The van der Waals surface area contributed by atoms with E-state index in [1.807, 2.05) is 0 Å². The second-order valence-electron chi connectivity index (χ2n) is 3.91. The van der Waals surface area contributed by atoms with Crippen LogP contribution in [-0.4, -0.2) is 10.9 Å². The number of azo groups is 1. The molecule has 0 saturated carbocycles. The largest absolute Gasteiger partial charge is 0.504 e. The number of thiophene rings is 1. The molecule has 1 aromatic heterocycles. The Labute approximate surface area is 118 Å². The highest BCUT2D eigenvalue weighted by Gasteiger charge is 2.13. The van der Waals surface area contributed by atoms with Crippen molar-refractivity contribution in [2.45, 2.75) is 6.92 Å². The summed E-state index contributed by atoms with van der Waals surface area (Å²) in [6, 6.07) is 8.77. The summed E-state index contributed by atoms with van der Waals surface area (Å²) in [4.78, 5) is 12.1. The fraction of sp³-hybridized carbons (Fsp3) is 0.0714. The van der Waals surface area contributed by atoms with Crippen LogP contribution in [-0.2, 0) is 4.79 Å². The highest BCUT2D eigenvalue weighted by molar-refractivity contribution is 7.11. The lowest BCUT2D eigenvalue weighted by atomic mass is 10.2. The maximum atomic E-state index is 12.8. The Kier molecular flexibility index (Phi) is 4.37. The third-order valence-corrected chi connectivity index (χ3v) is 3.28. The number of halogens is 1. The fourth-order valence-electron chi connectivity index (χ4n) is 1.43. The van der Waals surface area contributed by atoms with E-state index in [2.05, 4.69) is 10.2 Å². The van der Waals surface area contributed by atoms with Crippen LogP contribution >= 0.6 is 11.3 Å². The fourth-order valence-corrected chi connectivity index (χ4v) is 2.10. The molecule has 1 N–H and O–H groups in total. The van der Waals surface area contributed by atoms with Crippen molar-refractivity contribution in [2.24, 2.45) is 10.2 Å². The lowest BCUT2D eigenvalue weighted by Gasteiger charge is -2.00. The molecule has 6 heteroatoms. The van der Waals surface area contributed by atoms with E-state index in [1.54, 1.807) is 17.5 Å². The van der Waals surface area contributed by atoms with Gasteiger partial charge in [-0.1, -0.05) is 6.07 Å². The molecular weight excluding hydrogens is 279 g/mol. The van der Waals surface area contributed by atoms with Crippen molar-refractivity contribution in [3.8, 4) is 0 Å². The normalized spacial score (nSPS) is 12.5. The maximum absolute atomic E-state index is 12.8. The van der Waals surface area contributed by atoms with Crippen molar-refractivity contribution in [3.05, 3.63) is 58.2 Å². The van der Waals surface area contributed by atoms with E-state index >= 15 is 0 Å². The van der Waals surface area contributed by atoms with Gasteiger partial charge in [-0.15, -0.1) is 16.5 Å². The molecule has 1 aromatic carbocycles. The van der Waals surface area contributed by atoms with Crippen LogP contribution < -0.4 is 0 Å². The first-order chi connectivity index (χ1) is 9.58. The van der Waals surface area contributed by atoms with Gasteiger partial charge in [0, 0.05) is 6.92 Å². The Morgan fingerprint density at radius 2 is 1.95 bits per heavy atom. The number of carbonyl (C=O) groups excluding carboxylic acids is 1. The Morgan fingerprint density at radius 1 is 1.25 bits per heavy atom. The van der Waals surface area contributed by atoms with E-state index < -0.39 is 5.78 Å². The summed E-state index contributed by atoms with van der Waals surface area (Å²) < 4.78 is 12.8. The van der Waals surface area contributed by atoms with Gasteiger partial charge in [0.25, 0.3) is 0 Å². The second-order valence-corrected chi connectivity index (χ2v) is 4.85. The Hall–Kier alpha value is -2.34. The van der Waals surface area contributed by atoms with E-state index in [9.17, 15) is 14.3 Å². The summed E-state index contributed by atoms with van der Waals surface area (Å²) in [6.45, 7) is 1.29. The molecular formula is C14H11FN2O2S. The number of hydrogen-bond acceptors (Lipinski definition) is 5. The molecule has 2 aromatic rings. The molecule has 0 bridgehead atoms. The van der Waals surface area contributed by atoms with Gasteiger partial charge >= 0.3 is 0 Å². The molecule has 0 fully saturated rings. The van der Waals surface area contributed by atoms with Gasteiger partial charge in [0.1, 0.15) is 5.82 Å². The topological polar surface area (TPSA) is 62.0 Å². The predicted octanol–water partition coefficient (Wildman–Crippen LogP) is 4.49. The van der Waals surface area contributed by atoms with Crippen molar-refractivity contribution in [1.82, 2.24) is 0 Å². The van der Waals surface area contributed by atoms with Crippen LogP contribution in [0.5, 0.6) is 0 Å². The highest BCUT2D eigenvalue weighted by Crippen LogP contribution is 2.23. The van der Waals surface area contributed by atoms with Crippen molar-refractivity contribution in [2.75, 3.05) is 0 Å². The van der Waals surface area contributed by atoms with Gasteiger partial charge in [-0.2, -0.15) is 5.11 Å². The van der Waals surface area contributed by atoms with Crippen molar-refractivity contribution in [3.63, 3.8) is 0 Å². The zero-order chi connectivity index (χ0) is 14.5. The van der Waals surface area contributed by atoms with Crippen LogP contribution in [0.15, 0.2) is 57.7 Å². The highest BCUT2D eigenvalue weighted by atomic mass is 32.1. The second kappa shape index (κ2) is 6.21. The summed E-state index contributed by atoms with van der Waals surface area (Å²) in [6.07, 6.45) is 0. The molecule has 0 aliphatic rings. The van der Waals surface area contributed by atoms with Gasteiger partial charge in [0.2, 0.25) is 0 Å². The minimum atomic E-state index is -0.401. The van der Waals surface area contributed by atoms with Crippen LogP contribution in [0.2, 0.25) is 0 Å². The van der Waals surface area contributed by atoms with Crippen LogP contribution in [0.1, 0.15) is 11.8 Å². The summed E-state index contributed by atoms with van der Waals surface area (Å²) >= 11 is 1.29. The number of aliphatic hydroxyl groups is 1. The predicted molar refractivity (Wildman–Crippen MR) is 75.5 cm³/mol. The number of rotatable bonds is 4. The van der Waals surface area contributed by atoms with Crippen molar-refractivity contribution in [1.29, 1.82) is 0 Å². The molecule has 0 amide bonds. The molecule has 2 rings (SSSR count). The molecule has 4 nitrogen and oxygen atoms in total. The van der Waals surface area contributed by atoms with Crippen LogP contribution in [0.25, 0.3) is 5.76 Å². The molecule has 20 heavy (non-hydrogen) atoms. The smallest absolute Gasteiger partial charge is 0.183 e. The minimum Gasteiger partial charge on any atom is -0.504 e. The molecule has 0 aliphatic carbocycles. The average Bonchev–Trinajstić information content (AvgIpc) is 2.94. The Bertz CT molecular complexity index is 661. The minimum absolute atomic E-state index is 0.128. The Morgan fingerprint density at radius 3 is 2.50 bits per heavy atom. The van der Waals surface area contributed by atoms with Crippen LogP contribution in [0, 0.1) is 5.82 Å².